The number of tetrazole rings is 1. The van der Waals surface area contributed by atoms with Crippen LogP contribution in [0.5, 0.6) is 0 Å². The Balaban J connectivity index is 1.39. The summed E-state index contributed by atoms with van der Waals surface area (Å²) in [5.41, 5.74) is 1.99. The SMILES string of the molecule is O=C(NCC1CC2C=CC1C2)c1c(-n2cnnn2)sc2c1CCC2. The average molecular weight is 341 g/mol. The lowest BCUT2D eigenvalue weighted by molar-refractivity contribution is 0.0944. The third-order valence-corrected chi connectivity index (χ3v) is 6.91. The van der Waals surface area contributed by atoms with E-state index in [1.165, 1.54) is 23.3 Å². The number of nitrogens with zero attached hydrogens (tertiary/aromatic N) is 4. The van der Waals surface area contributed by atoms with Crippen molar-refractivity contribution in [1.82, 2.24) is 25.5 Å². The summed E-state index contributed by atoms with van der Waals surface area (Å²) in [7, 11) is 0. The highest BCUT2D eigenvalue weighted by molar-refractivity contribution is 7.15. The minimum absolute atomic E-state index is 0.0339. The maximum atomic E-state index is 12.9. The number of thiophene rings is 1. The molecule has 3 aliphatic carbocycles. The zero-order chi connectivity index (χ0) is 16.1. The van der Waals surface area contributed by atoms with Gasteiger partial charge in [-0.05, 0) is 65.8 Å². The van der Waals surface area contributed by atoms with Crippen LogP contribution in [0.25, 0.3) is 5.00 Å². The number of carbonyl (C=O) groups is 1. The highest BCUT2D eigenvalue weighted by Gasteiger charge is 2.36. The molecule has 1 saturated carbocycles. The monoisotopic (exact) mass is 341 g/mol. The second-order valence-corrected chi connectivity index (χ2v) is 8.13. The van der Waals surface area contributed by atoms with Gasteiger partial charge in [-0.2, -0.15) is 4.68 Å². The van der Waals surface area contributed by atoms with Crippen LogP contribution in [0.3, 0.4) is 0 Å². The molecule has 124 valence electrons. The normalized spacial score (nSPS) is 26.9. The third kappa shape index (κ3) is 2.22. The average Bonchev–Trinajstić information content (AvgIpc) is 3.38. The summed E-state index contributed by atoms with van der Waals surface area (Å²) >= 11 is 1.65. The molecule has 2 aromatic heterocycles. The van der Waals surface area contributed by atoms with Gasteiger partial charge in [0.1, 0.15) is 11.3 Å². The zero-order valence-corrected chi connectivity index (χ0v) is 14.1. The fourth-order valence-corrected chi connectivity index (χ4v) is 5.78. The molecule has 3 unspecified atom stereocenters. The lowest BCUT2D eigenvalue weighted by Crippen LogP contribution is -2.31. The van der Waals surface area contributed by atoms with Crippen molar-refractivity contribution in [3.8, 4) is 5.00 Å². The summed E-state index contributed by atoms with van der Waals surface area (Å²) in [4.78, 5) is 14.3. The van der Waals surface area contributed by atoms with E-state index in [0.717, 1.165) is 42.3 Å². The Morgan fingerprint density at radius 2 is 2.29 bits per heavy atom. The van der Waals surface area contributed by atoms with E-state index < -0.39 is 0 Å². The molecule has 0 aliphatic heterocycles. The quantitative estimate of drug-likeness (QED) is 0.865. The van der Waals surface area contributed by atoms with Crippen LogP contribution in [-0.2, 0) is 12.8 Å². The molecule has 2 heterocycles. The van der Waals surface area contributed by atoms with Crippen molar-refractivity contribution >= 4 is 17.2 Å². The maximum Gasteiger partial charge on any atom is 0.254 e. The highest BCUT2D eigenvalue weighted by atomic mass is 32.1. The molecule has 1 N–H and O–H groups in total. The highest BCUT2D eigenvalue weighted by Crippen LogP contribution is 2.43. The number of allylic oxidation sites excluding steroid dienone is 2. The lowest BCUT2D eigenvalue weighted by atomic mass is 9.93. The molecule has 3 aliphatic rings. The van der Waals surface area contributed by atoms with Crippen LogP contribution in [0, 0.1) is 17.8 Å². The number of carbonyl (C=O) groups excluding carboxylic acids is 1. The second-order valence-electron chi connectivity index (χ2n) is 7.04. The van der Waals surface area contributed by atoms with Gasteiger partial charge in [0.05, 0.1) is 5.56 Å². The number of aryl methyl sites for hydroxylation is 1. The molecule has 0 spiro atoms. The fourth-order valence-electron chi connectivity index (χ4n) is 4.48. The zero-order valence-electron chi connectivity index (χ0n) is 13.3. The van der Waals surface area contributed by atoms with E-state index >= 15 is 0 Å². The maximum absolute atomic E-state index is 12.9. The Morgan fingerprint density at radius 1 is 1.33 bits per heavy atom. The molecule has 1 amide bonds. The molecule has 1 fully saturated rings. The molecule has 0 radical (unpaired) electrons. The van der Waals surface area contributed by atoms with Crippen LogP contribution in [-0.4, -0.2) is 32.7 Å². The van der Waals surface area contributed by atoms with Gasteiger partial charge < -0.3 is 5.32 Å². The topological polar surface area (TPSA) is 72.7 Å². The molecule has 7 heteroatoms. The minimum Gasteiger partial charge on any atom is -0.352 e. The predicted octanol–water partition coefficient (Wildman–Crippen LogP) is 2.15. The van der Waals surface area contributed by atoms with Gasteiger partial charge in [0, 0.05) is 11.4 Å². The van der Waals surface area contributed by atoms with Crippen molar-refractivity contribution in [2.24, 2.45) is 17.8 Å². The van der Waals surface area contributed by atoms with Gasteiger partial charge in [0.25, 0.3) is 5.91 Å². The van der Waals surface area contributed by atoms with Crippen molar-refractivity contribution in [2.75, 3.05) is 6.54 Å². The Morgan fingerprint density at radius 3 is 3.04 bits per heavy atom. The summed E-state index contributed by atoms with van der Waals surface area (Å²) in [6.45, 7) is 0.768. The van der Waals surface area contributed by atoms with Crippen LogP contribution in [0.15, 0.2) is 18.5 Å². The summed E-state index contributed by atoms with van der Waals surface area (Å²) < 4.78 is 1.62. The first-order valence-electron chi connectivity index (χ1n) is 8.64. The van der Waals surface area contributed by atoms with Gasteiger partial charge in [-0.3, -0.25) is 4.79 Å². The number of hydrogen-bond donors (Lipinski definition) is 1. The smallest absolute Gasteiger partial charge is 0.254 e. The Hall–Kier alpha value is -2.02. The van der Waals surface area contributed by atoms with Crippen LogP contribution >= 0.6 is 11.3 Å². The lowest BCUT2D eigenvalue weighted by Gasteiger charge is -2.18. The summed E-state index contributed by atoms with van der Waals surface area (Å²) in [6, 6.07) is 0. The molecular formula is C17H19N5OS. The molecule has 24 heavy (non-hydrogen) atoms. The molecule has 2 bridgehead atoms. The number of nitrogens with one attached hydrogen (secondary N) is 1. The van der Waals surface area contributed by atoms with Crippen molar-refractivity contribution in [3.63, 3.8) is 0 Å². The van der Waals surface area contributed by atoms with Gasteiger partial charge in [-0.1, -0.05) is 12.2 Å². The van der Waals surface area contributed by atoms with E-state index in [2.05, 4.69) is 33.0 Å². The number of rotatable bonds is 4. The Labute approximate surface area is 143 Å². The van der Waals surface area contributed by atoms with E-state index in [-0.39, 0.29) is 5.91 Å². The number of fused-ring (bicyclic) bond motifs is 3. The molecular weight excluding hydrogens is 322 g/mol. The molecule has 6 nitrogen and oxygen atoms in total. The number of hydrogen-bond acceptors (Lipinski definition) is 5. The summed E-state index contributed by atoms with van der Waals surface area (Å²) in [5, 5.41) is 15.5. The van der Waals surface area contributed by atoms with Gasteiger partial charge in [0.15, 0.2) is 0 Å². The van der Waals surface area contributed by atoms with Crippen LogP contribution in [0.2, 0.25) is 0 Å². The standard InChI is InChI=1S/C17H19N5OS/c23-16(18-8-12-7-10-4-5-11(12)6-10)15-13-2-1-3-14(13)24-17(15)22-9-19-20-21-22/h4-5,9-12H,1-3,6-8H2,(H,18,23). The van der Waals surface area contributed by atoms with Crippen molar-refractivity contribution in [2.45, 2.75) is 32.1 Å². The summed E-state index contributed by atoms with van der Waals surface area (Å²) in [6.07, 6.45) is 11.9. The second kappa shape index (κ2) is 5.51. The van der Waals surface area contributed by atoms with E-state index in [0.29, 0.717) is 11.8 Å². The van der Waals surface area contributed by atoms with Gasteiger partial charge in [-0.15, -0.1) is 16.4 Å². The predicted molar refractivity (Wildman–Crippen MR) is 90.2 cm³/mol. The van der Waals surface area contributed by atoms with E-state index in [9.17, 15) is 4.79 Å². The first kappa shape index (κ1) is 14.3. The van der Waals surface area contributed by atoms with Crippen molar-refractivity contribution in [3.05, 3.63) is 34.5 Å². The minimum atomic E-state index is 0.0339. The van der Waals surface area contributed by atoms with Crippen LogP contribution in [0.1, 0.15) is 40.1 Å². The molecule has 3 atom stereocenters. The van der Waals surface area contributed by atoms with Crippen molar-refractivity contribution < 1.29 is 4.79 Å². The van der Waals surface area contributed by atoms with E-state index in [1.54, 1.807) is 22.3 Å². The van der Waals surface area contributed by atoms with Gasteiger partial charge >= 0.3 is 0 Å². The third-order valence-electron chi connectivity index (χ3n) is 5.63. The van der Waals surface area contributed by atoms with Crippen LogP contribution < -0.4 is 5.32 Å². The Kier molecular flexibility index (Phi) is 3.29. The van der Waals surface area contributed by atoms with E-state index in [1.807, 2.05) is 0 Å². The van der Waals surface area contributed by atoms with E-state index in [4.69, 9.17) is 0 Å². The Bertz CT molecular complexity index is 809. The first-order chi connectivity index (χ1) is 11.8. The van der Waals surface area contributed by atoms with Crippen LogP contribution in [0.4, 0.5) is 0 Å². The van der Waals surface area contributed by atoms with Gasteiger partial charge in [0.2, 0.25) is 0 Å². The molecule has 0 aromatic carbocycles. The fraction of sp³-hybridized carbons (Fsp3) is 0.529. The molecule has 2 aromatic rings. The number of amides is 1. The largest absolute Gasteiger partial charge is 0.352 e. The summed E-state index contributed by atoms with van der Waals surface area (Å²) in [5.74, 6) is 2.01. The molecule has 0 saturated heterocycles. The van der Waals surface area contributed by atoms with Crippen molar-refractivity contribution in [1.29, 1.82) is 0 Å². The van der Waals surface area contributed by atoms with Gasteiger partial charge in [-0.25, -0.2) is 0 Å². The first-order valence-corrected chi connectivity index (χ1v) is 9.45. The number of aromatic nitrogens is 4. The molecule has 5 rings (SSSR count).